The van der Waals surface area contributed by atoms with Gasteiger partial charge in [-0.05, 0) is 23.4 Å². The molecule has 2 N–H and O–H groups in total. The number of thioether (sulfide) groups is 1. The van der Waals surface area contributed by atoms with E-state index >= 15 is 0 Å². The topological polar surface area (TPSA) is 67.0 Å². The second-order valence-electron chi connectivity index (χ2n) is 3.69. The first-order valence-corrected chi connectivity index (χ1v) is 6.79. The maximum atomic E-state index is 11.1. The maximum Gasteiger partial charge on any atom is 0.413 e. The minimum absolute atomic E-state index is 0.400. The second kappa shape index (κ2) is 5.77. The third-order valence-electron chi connectivity index (χ3n) is 2.43. The molecular weight excluding hydrogens is 250 g/mol. The van der Waals surface area contributed by atoms with E-state index in [4.69, 9.17) is 0 Å². The van der Waals surface area contributed by atoms with Crippen LogP contribution in [0.25, 0.3) is 11.0 Å². The fourth-order valence-electron chi connectivity index (χ4n) is 1.57. The number of aromatic amines is 1. The van der Waals surface area contributed by atoms with E-state index in [0.29, 0.717) is 5.95 Å². The molecule has 0 aliphatic carbocycles. The molecule has 2 rings (SSSR count). The van der Waals surface area contributed by atoms with Gasteiger partial charge in [-0.1, -0.05) is 13.0 Å². The Hall–Kier alpha value is -1.69. The van der Waals surface area contributed by atoms with Crippen molar-refractivity contribution in [3.05, 3.63) is 23.8 Å². The van der Waals surface area contributed by atoms with Crippen molar-refractivity contribution in [2.75, 3.05) is 18.2 Å². The number of carbonyl (C=O) groups excluding carboxylic acids is 1. The van der Waals surface area contributed by atoms with Crippen LogP contribution in [0.4, 0.5) is 10.7 Å². The fraction of sp³-hybridized carbons (Fsp3) is 0.333. The Morgan fingerprint density at radius 1 is 1.56 bits per heavy atom. The number of methoxy groups -OCH3 is 1. The number of carbonyl (C=O) groups is 1. The minimum Gasteiger partial charge on any atom is -0.453 e. The highest BCUT2D eigenvalue weighted by Gasteiger charge is 2.06. The number of fused-ring (bicyclic) bond motifs is 1. The van der Waals surface area contributed by atoms with Crippen molar-refractivity contribution in [3.63, 3.8) is 0 Å². The molecule has 0 aliphatic heterocycles. The van der Waals surface area contributed by atoms with Gasteiger partial charge in [0, 0.05) is 5.75 Å². The van der Waals surface area contributed by atoms with Crippen LogP contribution in [-0.4, -0.2) is 28.9 Å². The molecule has 0 saturated carbocycles. The normalized spacial score (nSPS) is 10.6. The monoisotopic (exact) mass is 265 g/mol. The van der Waals surface area contributed by atoms with Crippen molar-refractivity contribution in [3.8, 4) is 0 Å². The number of ether oxygens (including phenoxy) is 1. The molecule has 5 nitrogen and oxygen atoms in total. The third kappa shape index (κ3) is 2.95. The molecule has 0 bridgehead atoms. The number of imidazole rings is 1. The van der Waals surface area contributed by atoms with E-state index < -0.39 is 6.09 Å². The van der Waals surface area contributed by atoms with Crippen molar-refractivity contribution >= 4 is 34.8 Å². The maximum absolute atomic E-state index is 11.1. The molecular formula is C12H15N3O2S. The Bertz CT molecular complexity index is 553. The summed E-state index contributed by atoms with van der Waals surface area (Å²) < 4.78 is 4.51. The van der Waals surface area contributed by atoms with Gasteiger partial charge in [-0.25, -0.2) is 9.78 Å². The lowest BCUT2D eigenvalue weighted by Crippen LogP contribution is -2.11. The molecule has 96 valence electrons. The van der Waals surface area contributed by atoms with Crippen LogP contribution >= 0.6 is 11.8 Å². The van der Waals surface area contributed by atoms with Gasteiger partial charge in [0.05, 0.1) is 18.1 Å². The molecule has 1 heterocycles. The summed E-state index contributed by atoms with van der Waals surface area (Å²) in [6, 6.07) is 6.04. The summed E-state index contributed by atoms with van der Waals surface area (Å²) in [6.45, 7) is 2.14. The quantitative estimate of drug-likeness (QED) is 0.891. The first kappa shape index (κ1) is 12.8. The van der Waals surface area contributed by atoms with Crippen LogP contribution in [0.2, 0.25) is 0 Å². The zero-order valence-corrected chi connectivity index (χ0v) is 11.1. The van der Waals surface area contributed by atoms with Crippen molar-refractivity contribution in [1.82, 2.24) is 9.97 Å². The molecule has 1 amide bonds. The van der Waals surface area contributed by atoms with Gasteiger partial charge in [0.15, 0.2) is 0 Å². The van der Waals surface area contributed by atoms with E-state index in [-0.39, 0.29) is 0 Å². The van der Waals surface area contributed by atoms with Gasteiger partial charge in [0.25, 0.3) is 0 Å². The number of hydrogen-bond acceptors (Lipinski definition) is 4. The van der Waals surface area contributed by atoms with Crippen molar-refractivity contribution in [2.24, 2.45) is 0 Å². The highest BCUT2D eigenvalue weighted by molar-refractivity contribution is 7.98. The number of rotatable bonds is 4. The number of anilines is 1. The molecule has 1 aromatic heterocycles. The highest BCUT2D eigenvalue weighted by Crippen LogP contribution is 2.19. The standard InChI is InChI=1S/C12H15N3O2S/c1-3-18-7-8-4-5-9-10(6-8)14-11(13-9)15-12(16)17-2/h4-6H,3,7H2,1-2H3,(H2,13,14,15,16). The molecule has 0 fully saturated rings. The average molecular weight is 265 g/mol. The van der Waals surface area contributed by atoms with Gasteiger partial charge in [0.1, 0.15) is 0 Å². The van der Waals surface area contributed by atoms with Gasteiger partial charge in [-0.15, -0.1) is 0 Å². The van der Waals surface area contributed by atoms with E-state index in [1.165, 1.54) is 12.7 Å². The Morgan fingerprint density at radius 2 is 2.39 bits per heavy atom. The zero-order chi connectivity index (χ0) is 13.0. The van der Waals surface area contributed by atoms with Crippen LogP contribution in [0.3, 0.4) is 0 Å². The van der Waals surface area contributed by atoms with Crippen LogP contribution < -0.4 is 5.32 Å². The molecule has 1 aromatic carbocycles. The Kier molecular flexibility index (Phi) is 4.09. The van der Waals surface area contributed by atoms with E-state index in [1.807, 2.05) is 30.0 Å². The lowest BCUT2D eigenvalue weighted by Gasteiger charge is -1.98. The number of amides is 1. The third-order valence-corrected chi connectivity index (χ3v) is 3.37. The van der Waals surface area contributed by atoms with Crippen LogP contribution in [0.1, 0.15) is 12.5 Å². The zero-order valence-electron chi connectivity index (χ0n) is 10.3. The van der Waals surface area contributed by atoms with E-state index in [1.54, 1.807) is 0 Å². The van der Waals surface area contributed by atoms with E-state index in [9.17, 15) is 4.79 Å². The van der Waals surface area contributed by atoms with Gasteiger partial charge < -0.3 is 9.72 Å². The summed E-state index contributed by atoms with van der Waals surface area (Å²) in [6.07, 6.45) is -0.532. The van der Waals surface area contributed by atoms with Crippen molar-refractivity contribution in [1.29, 1.82) is 0 Å². The van der Waals surface area contributed by atoms with Gasteiger partial charge in [0.2, 0.25) is 5.95 Å². The predicted molar refractivity (Wildman–Crippen MR) is 74.0 cm³/mol. The van der Waals surface area contributed by atoms with Crippen LogP contribution in [0.15, 0.2) is 18.2 Å². The smallest absolute Gasteiger partial charge is 0.413 e. The Morgan fingerprint density at radius 3 is 3.11 bits per heavy atom. The van der Waals surface area contributed by atoms with E-state index in [2.05, 4.69) is 26.9 Å². The van der Waals surface area contributed by atoms with Crippen LogP contribution in [-0.2, 0) is 10.5 Å². The molecule has 2 aromatic rings. The predicted octanol–water partition coefficient (Wildman–Crippen LogP) is 2.99. The first-order valence-electron chi connectivity index (χ1n) is 5.64. The number of hydrogen-bond donors (Lipinski definition) is 2. The number of aromatic nitrogens is 2. The molecule has 0 spiro atoms. The number of benzene rings is 1. The van der Waals surface area contributed by atoms with Crippen LogP contribution in [0, 0.1) is 0 Å². The summed E-state index contributed by atoms with van der Waals surface area (Å²) in [5.74, 6) is 2.47. The molecule has 0 unspecified atom stereocenters. The van der Waals surface area contributed by atoms with Crippen LogP contribution in [0.5, 0.6) is 0 Å². The summed E-state index contributed by atoms with van der Waals surface area (Å²) >= 11 is 1.87. The second-order valence-corrected chi connectivity index (χ2v) is 4.96. The molecule has 0 radical (unpaired) electrons. The summed E-state index contributed by atoms with van der Waals surface area (Å²) in [4.78, 5) is 18.4. The summed E-state index contributed by atoms with van der Waals surface area (Å²) in [5.41, 5.74) is 2.98. The summed E-state index contributed by atoms with van der Waals surface area (Å²) in [5, 5.41) is 2.51. The summed E-state index contributed by atoms with van der Waals surface area (Å²) in [7, 11) is 1.32. The van der Waals surface area contributed by atoms with E-state index in [0.717, 1.165) is 22.5 Å². The highest BCUT2D eigenvalue weighted by atomic mass is 32.2. The number of nitrogens with zero attached hydrogens (tertiary/aromatic N) is 1. The Balaban J connectivity index is 2.19. The van der Waals surface area contributed by atoms with Crippen molar-refractivity contribution < 1.29 is 9.53 Å². The number of nitrogens with one attached hydrogen (secondary N) is 2. The minimum atomic E-state index is -0.532. The molecule has 0 aliphatic rings. The number of H-pyrrole nitrogens is 1. The van der Waals surface area contributed by atoms with Crippen molar-refractivity contribution in [2.45, 2.75) is 12.7 Å². The van der Waals surface area contributed by atoms with Gasteiger partial charge >= 0.3 is 6.09 Å². The first-order chi connectivity index (χ1) is 8.72. The lowest BCUT2D eigenvalue weighted by molar-refractivity contribution is 0.186. The largest absolute Gasteiger partial charge is 0.453 e. The SMILES string of the molecule is CCSCc1ccc2nc(NC(=O)OC)[nH]c2c1. The molecule has 0 saturated heterocycles. The Labute approximate surface area is 109 Å². The van der Waals surface area contributed by atoms with Gasteiger partial charge in [-0.3, -0.25) is 5.32 Å². The fourth-order valence-corrected chi connectivity index (χ4v) is 2.19. The lowest BCUT2D eigenvalue weighted by atomic mass is 10.2. The molecule has 6 heteroatoms. The van der Waals surface area contributed by atoms with Gasteiger partial charge in [-0.2, -0.15) is 11.8 Å². The molecule has 0 atom stereocenters. The molecule has 18 heavy (non-hydrogen) atoms. The average Bonchev–Trinajstić information content (AvgIpc) is 2.77.